The summed E-state index contributed by atoms with van der Waals surface area (Å²) in [5, 5.41) is 7.58. The van der Waals surface area contributed by atoms with E-state index in [0.29, 0.717) is 17.3 Å². The molecule has 0 atom stereocenters. The van der Waals surface area contributed by atoms with Crippen molar-refractivity contribution in [1.82, 2.24) is 15.2 Å². The van der Waals surface area contributed by atoms with Gasteiger partial charge in [0.15, 0.2) is 0 Å². The lowest BCUT2D eigenvalue weighted by atomic mass is 10.1. The minimum Gasteiger partial charge on any atom is -0.420 e. The number of aromatic amines is 1. The van der Waals surface area contributed by atoms with Gasteiger partial charge in [0.1, 0.15) is 10.6 Å². The Kier molecular flexibility index (Phi) is 3.69. The van der Waals surface area contributed by atoms with Crippen molar-refractivity contribution in [3.05, 3.63) is 47.5 Å². The summed E-state index contributed by atoms with van der Waals surface area (Å²) < 4.78 is 32.9. The standard InChI is InChI=1S/C15H16N4O3S/c1-9-4-5-10(2)13(6-9)19-23(20,21)12-7-14(16-8-12)15-18-17-11(3)22-15/h4-8,16,19H,1-3H3. The maximum absolute atomic E-state index is 12.5. The fourth-order valence-corrected chi connectivity index (χ4v) is 3.22. The average molecular weight is 332 g/mol. The summed E-state index contributed by atoms with van der Waals surface area (Å²) in [7, 11) is -3.70. The van der Waals surface area contributed by atoms with Crippen LogP contribution in [0.2, 0.25) is 0 Å². The Hall–Kier alpha value is -2.61. The Labute approximate surface area is 133 Å². The number of hydrogen-bond acceptors (Lipinski definition) is 5. The van der Waals surface area contributed by atoms with E-state index in [1.165, 1.54) is 12.3 Å². The van der Waals surface area contributed by atoms with Gasteiger partial charge in [-0.3, -0.25) is 4.72 Å². The molecular weight excluding hydrogens is 316 g/mol. The number of anilines is 1. The van der Waals surface area contributed by atoms with Crippen LogP contribution in [0.5, 0.6) is 0 Å². The molecule has 0 radical (unpaired) electrons. The first kappa shape index (κ1) is 15.3. The van der Waals surface area contributed by atoms with Gasteiger partial charge in [0.05, 0.1) is 5.69 Å². The van der Waals surface area contributed by atoms with Crippen molar-refractivity contribution in [1.29, 1.82) is 0 Å². The highest BCUT2D eigenvalue weighted by atomic mass is 32.2. The molecule has 0 saturated carbocycles. The number of hydrogen-bond donors (Lipinski definition) is 2. The molecule has 0 aliphatic carbocycles. The molecular formula is C15H16N4O3S. The van der Waals surface area contributed by atoms with Crippen LogP contribution < -0.4 is 4.72 Å². The summed E-state index contributed by atoms with van der Waals surface area (Å²) in [5.41, 5.74) is 2.83. The minimum absolute atomic E-state index is 0.101. The fraction of sp³-hybridized carbons (Fsp3) is 0.200. The van der Waals surface area contributed by atoms with Crippen LogP contribution in [0.15, 0.2) is 39.8 Å². The van der Waals surface area contributed by atoms with E-state index in [2.05, 4.69) is 19.9 Å². The molecule has 7 nitrogen and oxygen atoms in total. The van der Waals surface area contributed by atoms with Crippen molar-refractivity contribution in [3.63, 3.8) is 0 Å². The molecule has 2 aromatic heterocycles. The van der Waals surface area contributed by atoms with E-state index in [9.17, 15) is 8.42 Å². The van der Waals surface area contributed by atoms with Gasteiger partial charge in [0, 0.05) is 13.1 Å². The normalized spacial score (nSPS) is 11.6. The third kappa shape index (κ3) is 3.11. The van der Waals surface area contributed by atoms with Crippen LogP contribution in [-0.2, 0) is 10.0 Å². The molecule has 0 aliphatic rings. The maximum atomic E-state index is 12.5. The number of sulfonamides is 1. The van der Waals surface area contributed by atoms with Gasteiger partial charge < -0.3 is 9.40 Å². The van der Waals surface area contributed by atoms with Crippen molar-refractivity contribution in [2.75, 3.05) is 4.72 Å². The third-order valence-electron chi connectivity index (χ3n) is 3.36. The molecule has 0 fully saturated rings. The van der Waals surface area contributed by atoms with Gasteiger partial charge in [-0.15, -0.1) is 10.2 Å². The van der Waals surface area contributed by atoms with Gasteiger partial charge in [-0.25, -0.2) is 8.42 Å². The zero-order valence-corrected chi connectivity index (χ0v) is 13.7. The Morgan fingerprint density at radius 2 is 1.91 bits per heavy atom. The first-order chi connectivity index (χ1) is 10.8. The Morgan fingerprint density at radius 1 is 1.13 bits per heavy atom. The highest BCUT2D eigenvalue weighted by Crippen LogP contribution is 2.24. The van der Waals surface area contributed by atoms with E-state index in [1.807, 2.05) is 26.0 Å². The molecule has 1 aromatic carbocycles. The van der Waals surface area contributed by atoms with Gasteiger partial charge in [-0.05, 0) is 37.1 Å². The summed E-state index contributed by atoms with van der Waals surface area (Å²) in [5.74, 6) is 0.656. The van der Waals surface area contributed by atoms with Crippen LogP contribution >= 0.6 is 0 Å². The number of nitrogens with zero attached hydrogens (tertiary/aromatic N) is 2. The van der Waals surface area contributed by atoms with Crippen LogP contribution in [0.4, 0.5) is 5.69 Å². The van der Waals surface area contributed by atoms with E-state index < -0.39 is 10.0 Å². The lowest BCUT2D eigenvalue weighted by Gasteiger charge is -2.10. The van der Waals surface area contributed by atoms with Gasteiger partial charge in [-0.1, -0.05) is 12.1 Å². The number of benzene rings is 1. The highest BCUT2D eigenvalue weighted by molar-refractivity contribution is 7.92. The third-order valence-corrected chi connectivity index (χ3v) is 4.71. The second-order valence-electron chi connectivity index (χ2n) is 5.30. The van der Waals surface area contributed by atoms with Gasteiger partial charge in [0.2, 0.25) is 5.89 Å². The monoisotopic (exact) mass is 332 g/mol. The van der Waals surface area contributed by atoms with Crippen LogP contribution in [0.25, 0.3) is 11.6 Å². The maximum Gasteiger partial charge on any atom is 0.264 e. The molecule has 23 heavy (non-hydrogen) atoms. The predicted molar refractivity (Wildman–Crippen MR) is 85.5 cm³/mol. The van der Waals surface area contributed by atoms with E-state index in [-0.39, 0.29) is 10.8 Å². The number of aryl methyl sites for hydroxylation is 3. The van der Waals surface area contributed by atoms with Crippen molar-refractivity contribution in [2.24, 2.45) is 0 Å². The van der Waals surface area contributed by atoms with E-state index >= 15 is 0 Å². The van der Waals surface area contributed by atoms with Gasteiger partial charge in [-0.2, -0.15) is 0 Å². The number of rotatable bonds is 4. The summed E-state index contributed by atoms with van der Waals surface area (Å²) in [4.78, 5) is 2.94. The molecule has 0 amide bonds. The zero-order chi connectivity index (χ0) is 16.6. The molecule has 0 unspecified atom stereocenters. The Morgan fingerprint density at radius 3 is 2.61 bits per heavy atom. The average Bonchev–Trinajstić information content (AvgIpc) is 3.11. The zero-order valence-electron chi connectivity index (χ0n) is 12.9. The molecule has 2 N–H and O–H groups in total. The molecule has 3 rings (SSSR count). The minimum atomic E-state index is -3.70. The molecule has 0 aliphatic heterocycles. The highest BCUT2D eigenvalue weighted by Gasteiger charge is 2.19. The van der Waals surface area contributed by atoms with Crippen LogP contribution in [0.3, 0.4) is 0 Å². The summed E-state index contributed by atoms with van der Waals surface area (Å²) in [6.45, 7) is 5.42. The van der Waals surface area contributed by atoms with Gasteiger partial charge >= 0.3 is 0 Å². The number of nitrogens with one attached hydrogen (secondary N) is 2. The smallest absolute Gasteiger partial charge is 0.264 e. The SMILES string of the molecule is Cc1ccc(C)c(NS(=O)(=O)c2c[nH]c(-c3nnc(C)o3)c2)c1. The lowest BCUT2D eigenvalue weighted by molar-refractivity contribution is 0.531. The van der Waals surface area contributed by atoms with Crippen molar-refractivity contribution >= 4 is 15.7 Å². The van der Waals surface area contributed by atoms with E-state index in [4.69, 9.17) is 4.42 Å². The summed E-state index contributed by atoms with van der Waals surface area (Å²) in [6.07, 6.45) is 1.39. The molecule has 120 valence electrons. The van der Waals surface area contributed by atoms with Crippen LogP contribution in [-0.4, -0.2) is 23.6 Å². The Balaban J connectivity index is 1.91. The summed E-state index contributed by atoms with van der Waals surface area (Å²) in [6, 6.07) is 7.05. The topological polar surface area (TPSA) is 101 Å². The van der Waals surface area contributed by atoms with Crippen molar-refractivity contribution < 1.29 is 12.8 Å². The predicted octanol–water partition coefficient (Wildman–Crippen LogP) is 2.79. The molecule has 0 bridgehead atoms. The molecule has 3 aromatic rings. The van der Waals surface area contributed by atoms with Crippen LogP contribution in [0.1, 0.15) is 17.0 Å². The van der Waals surface area contributed by atoms with Crippen LogP contribution in [0, 0.1) is 20.8 Å². The summed E-state index contributed by atoms with van der Waals surface area (Å²) >= 11 is 0. The lowest BCUT2D eigenvalue weighted by Crippen LogP contribution is -2.13. The quantitative estimate of drug-likeness (QED) is 0.765. The number of aromatic nitrogens is 3. The molecule has 0 saturated heterocycles. The second kappa shape index (κ2) is 5.54. The molecule has 2 heterocycles. The van der Waals surface area contributed by atoms with Gasteiger partial charge in [0.25, 0.3) is 15.9 Å². The first-order valence-corrected chi connectivity index (χ1v) is 8.42. The van der Waals surface area contributed by atoms with Crippen molar-refractivity contribution in [2.45, 2.75) is 25.7 Å². The van der Waals surface area contributed by atoms with Crippen molar-refractivity contribution in [3.8, 4) is 11.6 Å². The van der Waals surface area contributed by atoms with E-state index in [1.54, 1.807) is 13.0 Å². The largest absolute Gasteiger partial charge is 0.420 e. The Bertz CT molecular complexity index is 957. The second-order valence-corrected chi connectivity index (χ2v) is 6.98. The molecule has 8 heteroatoms. The number of H-pyrrole nitrogens is 1. The van der Waals surface area contributed by atoms with E-state index in [0.717, 1.165) is 11.1 Å². The molecule has 0 spiro atoms. The first-order valence-electron chi connectivity index (χ1n) is 6.94. The fourth-order valence-electron chi connectivity index (χ4n) is 2.11.